The van der Waals surface area contributed by atoms with Gasteiger partial charge in [-0.3, -0.25) is 0 Å². The van der Waals surface area contributed by atoms with E-state index >= 15 is 0 Å². The van der Waals surface area contributed by atoms with E-state index in [0.717, 1.165) is 0 Å². The molecular formula is C13H16ClN3O3S. The summed E-state index contributed by atoms with van der Waals surface area (Å²) in [7, 11) is -3.73. The molecule has 0 fully saturated rings. The molecule has 3 N–H and O–H groups in total. The molecule has 0 aliphatic heterocycles. The highest BCUT2D eigenvalue weighted by Crippen LogP contribution is 2.26. The first-order valence-electron chi connectivity index (χ1n) is 6.19. The summed E-state index contributed by atoms with van der Waals surface area (Å²) in [6.07, 6.45) is 0. The van der Waals surface area contributed by atoms with E-state index in [1.54, 1.807) is 20.8 Å². The summed E-state index contributed by atoms with van der Waals surface area (Å²) in [5.41, 5.74) is 7.92. The monoisotopic (exact) mass is 329 g/mol. The van der Waals surface area contributed by atoms with Crippen molar-refractivity contribution in [3.8, 4) is 0 Å². The number of nitrogens with two attached hydrogens (primary N) is 1. The minimum absolute atomic E-state index is 0.0688. The highest BCUT2D eigenvalue weighted by Gasteiger charge is 2.20. The molecule has 0 amide bonds. The molecule has 1 heterocycles. The van der Waals surface area contributed by atoms with Gasteiger partial charge in [0, 0.05) is 22.8 Å². The van der Waals surface area contributed by atoms with Gasteiger partial charge in [0.05, 0.1) is 10.6 Å². The molecule has 0 aliphatic rings. The Balaban J connectivity index is 2.32. The highest BCUT2D eigenvalue weighted by atomic mass is 35.5. The van der Waals surface area contributed by atoms with Gasteiger partial charge in [-0.15, -0.1) is 0 Å². The van der Waals surface area contributed by atoms with E-state index in [1.807, 2.05) is 0 Å². The number of aryl methyl sites for hydroxylation is 2. The van der Waals surface area contributed by atoms with Crippen molar-refractivity contribution in [1.29, 1.82) is 0 Å². The lowest BCUT2D eigenvalue weighted by Gasteiger charge is -2.11. The molecule has 21 heavy (non-hydrogen) atoms. The molecule has 114 valence electrons. The van der Waals surface area contributed by atoms with Crippen LogP contribution in [-0.4, -0.2) is 13.6 Å². The number of halogens is 1. The van der Waals surface area contributed by atoms with Gasteiger partial charge in [-0.05, 0) is 38.5 Å². The maximum atomic E-state index is 12.4. The molecule has 1 aromatic carbocycles. The van der Waals surface area contributed by atoms with Crippen LogP contribution in [0.4, 0.5) is 5.69 Å². The summed E-state index contributed by atoms with van der Waals surface area (Å²) >= 11 is 5.88. The van der Waals surface area contributed by atoms with Crippen molar-refractivity contribution in [1.82, 2.24) is 9.88 Å². The molecule has 0 bridgehead atoms. The molecule has 0 spiro atoms. The molecule has 0 saturated heterocycles. The van der Waals surface area contributed by atoms with Crippen LogP contribution >= 0.6 is 11.6 Å². The smallest absolute Gasteiger partial charge is 0.241 e. The number of aromatic nitrogens is 1. The summed E-state index contributed by atoms with van der Waals surface area (Å²) in [5, 5.41) is 4.06. The van der Waals surface area contributed by atoms with Gasteiger partial charge in [-0.25, -0.2) is 13.1 Å². The molecule has 0 radical (unpaired) electrons. The van der Waals surface area contributed by atoms with Crippen LogP contribution in [0.2, 0.25) is 5.02 Å². The number of anilines is 1. The molecule has 2 aromatic rings. The summed E-state index contributed by atoms with van der Waals surface area (Å²) in [4.78, 5) is 0.0688. The summed E-state index contributed by atoms with van der Waals surface area (Å²) < 4.78 is 32.3. The third-order valence-corrected chi connectivity index (χ3v) is 5.02. The zero-order valence-electron chi connectivity index (χ0n) is 11.9. The fourth-order valence-electron chi connectivity index (χ4n) is 1.95. The van der Waals surface area contributed by atoms with Crippen LogP contribution in [-0.2, 0) is 16.6 Å². The molecular weight excluding hydrogens is 314 g/mol. The minimum Gasteiger partial charge on any atom is -0.398 e. The first kappa shape index (κ1) is 15.8. The van der Waals surface area contributed by atoms with Crippen molar-refractivity contribution in [2.75, 3.05) is 5.73 Å². The number of nitrogens with one attached hydrogen (secondary N) is 1. The maximum Gasteiger partial charge on any atom is 0.241 e. The predicted molar refractivity (Wildman–Crippen MR) is 80.6 cm³/mol. The van der Waals surface area contributed by atoms with Gasteiger partial charge >= 0.3 is 0 Å². The Bertz CT molecular complexity index is 765. The lowest BCUT2D eigenvalue weighted by molar-refractivity contribution is 0.392. The zero-order chi connectivity index (χ0) is 15.8. The number of nitrogens with zero attached hydrogens (tertiary/aromatic N) is 1. The Labute approximate surface area is 128 Å². The van der Waals surface area contributed by atoms with Crippen LogP contribution in [0.15, 0.2) is 21.6 Å². The average molecular weight is 330 g/mol. The fraction of sp³-hybridized carbons (Fsp3) is 0.308. The summed E-state index contributed by atoms with van der Waals surface area (Å²) in [5.74, 6) is 0.581. The number of hydrogen-bond acceptors (Lipinski definition) is 5. The van der Waals surface area contributed by atoms with Crippen LogP contribution in [0.5, 0.6) is 0 Å². The van der Waals surface area contributed by atoms with Crippen molar-refractivity contribution in [3.63, 3.8) is 0 Å². The van der Waals surface area contributed by atoms with Crippen LogP contribution in [0.25, 0.3) is 0 Å². The second kappa shape index (κ2) is 5.67. The van der Waals surface area contributed by atoms with E-state index in [-0.39, 0.29) is 16.5 Å². The van der Waals surface area contributed by atoms with Crippen molar-refractivity contribution < 1.29 is 12.9 Å². The molecule has 2 rings (SSSR count). The zero-order valence-corrected chi connectivity index (χ0v) is 13.5. The maximum absolute atomic E-state index is 12.4. The number of sulfonamides is 1. The Morgan fingerprint density at radius 3 is 2.57 bits per heavy atom. The van der Waals surface area contributed by atoms with Crippen molar-refractivity contribution in [2.45, 2.75) is 32.2 Å². The van der Waals surface area contributed by atoms with Crippen molar-refractivity contribution in [3.05, 3.63) is 39.7 Å². The molecule has 6 nitrogen and oxygen atoms in total. The van der Waals surface area contributed by atoms with Crippen LogP contribution in [0.3, 0.4) is 0 Å². The van der Waals surface area contributed by atoms with Gasteiger partial charge in [-0.1, -0.05) is 16.8 Å². The third-order valence-electron chi connectivity index (χ3n) is 3.27. The number of benzene rings is 1. The van der Waals surface area contributed by atoms with Crippen LogP contribution in [0, 0.1) is 20.8 Å². The number of nitrogen functional groups attached to an aromatic ring is 1. The lowest BCUT2D eigenvalue weighted by atomic mass is 10.2. The lowest BCUT2D eigenvalue weighted by Crippen LogP contribution is -2.24. The van der Waals surface area contributed by atoms with Gasteiger partial charge in [0.1, 0.15) is 5.76 Å². The standard InChI is InChI=1S/C13H16ClN3O3S/c1-7-12(15)4-10(14)5-13(7)21(18,19)16-6-11-8(2)17-20-9(11)3/h4-5,16H,6,15H2,1-3H3. The fourth-order valence-corrected chi connectivity index (χ4v) is 3.54. The molecule has 1 aromatic heterocycles. The quantitative estimate of drug-likeness (QED) is 0.839. The molecule has 0 atom stereocenters. The van der Waals surface area contributed by atoms with Crippen molar-refractivity contribution >= 4 is 27.3 Å². The van der Waals surface area contributed by atoms with E-state index in [9.17, 15) is 8.42 Å². The van der Waals surface area contributed by atoms with Crippen LogP contribution in [0.1, 0.15) is 22.6 Å². The SMILES string of the molecule is Cc1noc(C)c1CNS(=O)(=O)c1cc(Cl)cc(N)c1C. The van der Waals surface area contributed by atoms with Crippen LogP contribution < -0.4 is 10.5 Å². The molecule has 8 heteroatoms. The average Bonchev–Trinajstić information content (AvgIpc) is 2.71. The molecule has 0 aliphatic carbocycles. The Morgan fingerprint density at radius 2 is 2.00 bits per heavy atom. The second-order valence-electron chi connectivity index (χ2n) is 4.75. The number of hydrogen-bond donors (Lipinski definition) is 2. The van der Waals surface area contributed by atoms with E-state index in [0.29, 0.717) is 28.3 Å². The first-order chi connectivity index (χ1) is 9.72. The highest BCUT2D eigenvalue weighted by molar-refractivity contribution is 7.89. The predicted octanol–water partition coefficient (Wildman–Crippen LogP) is 2.31. The minimum atomic E-state index is -3.73. The van der Waals surface area contributed by atoms with Gasteiger partial charge < -0.3 is 10.3 Å². The topological polar surface area (TPSA) is 98.2 Å². The van der Waals surface area contributed by atoms with Gasteiger partial charge in [0.2, 0.25) is 10.0 Å². The van der Waals surface area contributed by atoms with Gasteiger partial charge in [0.15, 0.2) is 0 Å². The van der Waals surface area contributed by atoms with Gasteiger partial charge in [0.25, 0.3) is 0 Å². The molecule has 0 unspecified atom stereocenters. The Morgan fingerprint density at radius 1 is 1.33 bits per heavy atom. The Hall–Kier alpha value is -1.57. The van der Waals surface area contributed by atoms with Crippen molar-refractivity contribution in [2.24, 2.45) is 0 Å². The summed E-state index contributed by atoms with van der Waals surface area (Å²) in [6.45, 7) is 5.21. The second-order valence-corrected chi connectivity index (χ2v) is 6.92. The number of rotatable bonds is 4. The molecule has 0 saturated carbocycles. The van der Waals surface area contributed by atoms with E-state index < -0.39 is 10.0 Å². The first-order valence-corrected chi connectivity index (χ1v) is 8.05. The van der Waals surface area contributed by atoms with E-state index in [1.165, 1.54) is 12.1 Å². The third kappa shape index (κ3) is 3.20. The Kier molecular flexibility index (Phi) is 4.27. The summed E-state index contributed by atoms with van der Waals surface area (Å²) in [6, 6.07) is 2.90. The van der Waals surface area contributed by atoms with Gasteiger partial charge in [-0.2, -0.15) is 0 Å². The largest absolute Gasteiger partial charge is 0.398 e. The van der Waals surface area contributed by atoms with E-state index in [4.69, 9.17) is 21.9 Å². The normalized spacial score (nSPS) is 11.8. The van der Waals surface area contributed by atoms with E-state index in [2.05, 4.69) is 9.88 Å².